The molecule has 0 bridgehead atoms. The zero-order valence-corrected chi connectivity index (χ0v) is 11.7. The lowest BCUT2D eigenvalue weighted by Crippen LogP contribution is -2.26. The average molecular weight is 350 g/mol. The Hall–Kier alpha value is -0.820. The van der Waals surface area contributed by atoms with Gasteiger partial charge in [0, 0.05) is 16.6 Å². The molecule has 1 N–H and O–H groups in total. The van der Waals surface area contributed by atoms with Crippen molar-refractivity contribution in [3.63, 3.8) is 0 Å². The maximum atomic E-state index is 10.8. The van der Waals surface area contributed by atoms with Crippen LogP contribution in [0.3, 0.4) is 0 Å². The molecular weight excluding hydrogens is 335 g/mol. The predicted molar refractivity (Wildman–Crippen MR) is 72.3 cm³/mol. The summed E-state index contributed by atoms with van der Waals surface area (Å²) in [5.41, 5.74) is 0. The normalized spacial score (nSPS) is 12.1. The summed E-state index contributed by atoms with van der Waals surface area (Å²) >= 11 is 2.20. The summed E-state index contributed by atoms with van der Waals surface area (Å²) in [7, 11) is 0. The van der Waals surface area contributed by atoms with E-state index in [1.54, 1.807) is 6.92 Å². The number of carbonyl (C=O) groups is 1. The number of hydrogen-bond donors (Lipinski definition) is 1. The van der Waals surface area contributed by atoms with Crippen LogP contribution in [0.25, 0.3) is 0 Å². The summed E-state index contributed by atoms with van der Waals surface area (Å²) < 4.78 is 11.6. The first-order chi connectivity index (χ1) is 8.13. The van der Waals surface area contributed by atoms with Crippen LogP contribution < -0.4 is 4.74 Å². The van der Waals surface area contributed by atoms with Crippen molar-refractivity contribution >= 4 is 28.6 Å². The number of aliphatic carboxylic acids is 1. The first kappa shape index (κ1) is 14.2. The molecule has 0 saturated carbocycles. The minimum absolute atomic E-state index is 0.330. The molecule has 0 aliphatic heterocycles. The van der Waals surface area contributed by atoms with E-state index in [9.17, 15) is 4.79 Å². The molecule has 0 saturated heterocycles. The maximum Gasteiger partial charge on any atom is 0.332 e. The second kappa shape index (κ2) is 7.50. The molecule has 1 atom stereocenters. The lowest BCUT2D eigenvalue weighted by Gasteiger charge is -2.13. The molecule has 5 heteroatoms. The van der Waals surface area contributed by atoms with Gasteiger partial charge in [0.05, 0.1) is 6.61 Å². The quantitative estimate of drug-likeness (QED) is 0.768. The van der Waals surface area contributed by atoms with Crippen LogP contribution in [-0.4, -0.2) is 30.4 Å². The molecule has 0 aliphatic rings. The molecule has 0 aliphatic carbocycles. The van der Waals surface area contributed by atoms with Crippen molar-refractivity contribution in [1.29, 1.82) is 0 Å². The molecule has 0 amide bonds. The van der Waals surface area contributed by atoms with Crippen LogP contribution in [0.15, 0.2) is 24.3 Å². The van der Waals surface area contributed by atoms with E-state index in [4.69, 9.17) is 14.6 Å². The lowest BCUT2D eigenvalue weighted by molar-refractivity contribution is -0.150. The van der Waals surface area contributed by atoms with Gasteiger partial charge in [0.15, 0.2) is 6.10 Å². The molecule has 1 aromatic rings. The third-order valence-electron chi connectivity index (χ3n) is 2.09. The zero-order valence-electron chi connectivity index (χ0n) is 9.56. The standard InChI is InChI=1S/C12H15IO4/c1-2-16-11(12(14)15)6-7-17-10-5-3-4-9(13)8-10/h3-5,8,11H,2,6-7H2,1H3,(H,14,15). The van der Waals surface area contributed by atoms with Crippen LogP contribution in [0, 0.1) is 3.57 Å². The van der Waals surface area contributed by atoms with E-state index in [1.165, 1.54) is 0 Å². The van der Waals surface area contributed by atoms with E-state index in [0.717, 1.165) is 9.32 Å². The molecule has 1 unspecified atom stereocenters. The van der Waals surface area contributed by atoms with Gasteiger partial charge in [-0.05, 0) is 47.7 Å². The van der Waals surface area contributed by atoms with Crippen molar-refractivity contribution in [2.75, 3.05) is 13.2 Å². The number of ether oxygens (including phenoxy) is 2. The summed E-state index contributed by atoms with van der Waals surface area (Å²) in [6.45, 7) is 2.49. The SMILES string of the molecule is CCOC(CCOc1cccc(I)c1)C(=O)O. The second-order valence-electron chi connectivity index (χ2n) is 3.38. The van der Waals surface area contributed by atoms with Crippen LogP contribution in [-0.2, 0) is 9.53 Å². The Balaban J connectivity index is 2.38. The molecule has 0 radical (unpaired) electrons. The van der Waals surface area contributed by atoms with Crippen molar-refractivity contribution in [2.24, 2.45) is 0 Å². The highest BCUT2D eigenvalue weighted by atomic mass is 127. The Labute approximate surface area is 114 Å². The topological polar surface area (TPSA) is 55.8 Å². The minimum atomic E-state index is -0.946. The molecule has 94 valence electrons. The molecule has 0 aromatic heterocycles. The third kappa shape index (κ3) is 5.36. The smallest absolute Gasteiger partial charge is 0.332 e. The Morgan fingerprint density at radius 1 is 1.53 bits per heavy atom. The van der Waals surface area contributed by atoms with Crippen LogP contribution in [0.1, 0.15) is 13.3 Å². The van der Waals surface area contributed by atoms with Crippen molar-refractivity contribution in [3.05, 3.63) is 27.8 Å². The van der Waals surface area contributed by atoms with Crippen molar-refractivity contribution < 1.29 is 19.4 Å². The first-order valence-corrected chi connectivity index (χ1v) is 6.44. The van der Waals surface area contributed by atoms with Gasteiger partial charge >= 0.3 is 5.97 Å². The molecule has 1 aromatic carbocycles. The highest BCUT2D eigenvalue weighted by Gasteiger charge is 2.16. The molecule has 0 fully saturated rings. The number of benzene rings is 1. The Morgan fingerprint density at radius 3 is 2.88 bits per heavy atom. The van der Waals surface area contributed by atoms with Gasteiger partial charge in [0.1, 0.15) is 5.75 Å². The fraction of sp³-hybridized carbons (Fsp3) is 0.417. The van der Waals surface area contributed by atoms with Gasteiger partial charge in [-0.15, -0.1) is 0 Å². The van der Waals surface area contributed by atoms with E-state index in [-0.39, 0.29) is 0 Å². The highest BCUT2D eigenvalue weighted by molar-refractivity contribution is 14.1. The van der Waals surface area contributed by atoms with Crippen molar-refractivity contribution in [1.82, 2.24) is 0 Å². The Kier molecular flexibility index (Phi) is 6.28. The number of carboxylic acid groups (broad SMARTS) is 1. The van der Waals surface area contributed by atoms with Crippen LogP contribution in [0.2, 0.25) is 0 Å². The number of hydrogen-bond acceptors (Lipinski definition) is 3. The zero-order chi connectivity index (χ0) is 12.7. The van der Waals surface area contributed by atoms with Crippen LogP contribution >= 0.6 is 22.6 Å². The molecule has 4 nitrogen and oxygen atoms in total. The van der Waals surface area contributed by atoms with Gasteiger partial charge in [-0.3, -0.25) is 0 Å². The monoisotopic (exact) mass is 350 g/mol. The first-order valence-electron chi connectivity index (χ1n) is 5.36. The highest BCUT2D eigenvalue weighted by Crippen LogP contribution is 2.15. The van der Waals surface area contributed by atoms with Crippen LogP contribution in [0.5, 0.6) is 5.75 Å². The van der Waals surface area contributed by atoms with E-state index in [2.05, 4.69) is 22.6 Å². The third-order valence-corrected chi connectivity index (χ3v) is 2.76. The predicted octanol–water partition coefficient (Wildman–Crippen LogP) is 2.55. The van der Waals surface area contributed by atoms with Gasteiger partial charge in [0.25, 0.3) is 0 Å². The maximum absolute atomic E-state index is 10.8. The van der Waals surface area contributed by atoms with Crippen molar-refractivity contribution in [3.8, 4) is 5.75 Å². The van der Waals surface area contributed by atoms with Crippen LogP contribution in [0.4, 0.5) is 0 Å². The summed E-state index contributed by atoms with van der Waals surface area (Å²) in [6, 6.07) is 7.61. The molecular formula is C12H15IO4. The van der Waals surface area contributed by atoms with E-state index in [1.807, 2.05) is 24.3 Å². The fourth-order valence-electron chi connectivity index (χ4n) is 1.32. The molecule has 17 heavy (non-hydrogen) atoms. The fourth-order valence-corrected chi connectivity index (χ4v) is 1.83. The van der Waals surface area contributed by atoms with Gasteiger partial charge in [-0.25, -0.2) is 4.79 Å². The van der Waals surface area contributed by atoms with Gasteiger partial charge in [-0.1, -0.05) is 6.07 Å². The summed E-state index contributed by atoms with van der Waals surface area (Å²) in [6.07, 6.45) is -0.447. The van der Waals surface area contributed by atoms with Gasteiger partial charge in [-0.2, -0.15) is 0 Å². The Bertz CT molecular complexity index is 367. The Morgan fingerprint density at radius 2 is 2.29 bits per heavy atom. The number of halogens is 1. The largest absolute Gasteiger partial charge is 0.493 e. The second-order valence-corrected chi connectivity index (χ2v) is 4.62. The summed E-state index contributed by atoms with van der Waals surface area (Å²) in [5.74, 6) is -0.198. The minimum Gasteiger partial charge on any atom is -0.493 e. The molecule has 0 spiro atoms. The molecule has 0 heterocycles. The summed E-state index contributed by atoms with van der Waals surface area (Å²) in [4.78, 5) is 10.8. The molecule has 1 rings (SSSR count). The van der Waals surface area contributed by atoms with E-state index < -0.39 is 12.1 Å². The van der Waals surface area contributed by atoms with Crippen molar-refractivity contribution in [2.45, 2.75) is 19.4 Å². The average Bonchev–Trinajstić information content (AvgIpc) is 2.28. The van der Waals surface area contributed by atoms with E-state index >= 15 is 0 Å². The lowest BCUT2D eigenvalue weighted by atomic mass is 10.2. The van der Waals surface area contributed by atoms with E-state index in [0.29, 0.717) is 19.6 Å². The van der Waals surface area contributed by atoms with Gasteiger partial charge in [0.2, 0.25) is 0 Å². The number of carboxylic acids is 1. The summed E-state index contributed by atoms with van der Waals surface area (Å²) in [5, 5.41) is 8.86. The number of rotatable bonds is 7. The van der Waals surface area contributed by atoms with Gasteiger partial charge < -0.3 is 14.6 Å².